The van der Waals surface area contributed by atoms with Crippen molar-refractivity contribution in [2.45, 2.75) is 369 Å². The number of hydrogen-bond donors (Lipinski definition) is 0. The van der Waals surface area contributed by atoms with Gasteiger partial charge in [0.05, 0.1) is 0 Å². The third-order valence-corrected chi connectivity index (χ3v) is 35.9. The van der Waals surface area contributed by atoms with E-state index in [2.05, 4.69) is 138 Å². The van der Waals surface area contributed by atoms with Crippen molar-refractivity contribution in [1.82, 2.24) is 0 Å². The van der Waals surface area contributed by atoms with Crippen LogP contribution in [-0.4, -0.2) is 5.78 Å². The molecular weight excluding hydrogens is 1170 g/mol. The Kier molecular flexibility index (Phi) is 18.9. The Morgan fingerprint density at radius 2 is 0.736 bits per heavy atom. The van der Waals surface area contributed by atoms with Crippen LogP contribution in [0.1, 0.15) is 369 Å². The Hall–Kier alpha value is 0.514. The minimum absolute atomic E-state index is 0. The van der Waals surface area contributed by atoms with Crippen LogP contribution in [0.2, 0.25) is 0 Å². The van der Waals surface area contributed by atoms with Crippen LogP contribution in [0.5, 0.6) is 0 Å². The molecule has 27 saturated carbocycles. The van der Waals surface area contributed by atoms with Gasteiger partial charge in [-0.2, -0.15) is 25.2 Å². The summed E-state index contributed by atoms with van der Waals surface area (Å²) < 4.78 is 0. The number of rotatable bonds is 0. The molecule has 0 aromatic carbocycles. The summed E-state index contributed by atoms with van der Waals surface area (Å²) in [5.41, 5.74) is 10.5. The molecule has 0 amide bonds. The number of Topliss-reactive ketones (excluding diaryl/α,β-unsaturated/α-hetero) is 1. The van der Waals surface area contributed by atoms with Gasteiger partial charge in [0.15, 0.2) is 0 Å². The second-order valence-corrected chi connectivity index (χ2v) is 44.9. The largest absolute Gasteiger partial charge is 0.338 e. The molecule has 6 unspecified atom stereocenters. The normalized spacial score (nSPS) is 57.2. The summed E-state index contributed by atoms with van der Waals surface area (Å²) in [5.74, 6) is 18.3. The zero-order valence-electron chi connectivity index (χ0n) is 63.9. The summed E-state index contributed by atoms with van der Waals surface area (Å²) in [7, 11) is 0. The van der Waals surface area contributed by atoms with Gasteiger partial charge in [-0.3, -0.25) is 4.79 Å². The molecule has 1 nitrogen and oxygen atoms in total. The fourth-order valence-electron chi connectivity index (χ4n) is 29.5. The van der Waals surface area contributed by atoms with Crippen LogP contribution in [0, 0.1) is 172 Å². The van der Waals surface area contributed by atoms with Crippen molar-refractivity contribution in [3.8, 4) is 0 Å². The Labute approximate surface area is 591 Å². The van der Waals surface area contributed by atoms with Crippen molar-refractivity contribution in [3.05, 3.63) is 25.0 Å². The molecule has 91 heavy (non-hydrogen) atoms. The summed E-state index contributed by atoms with van der Waals surface area (Å²) in [4.78, 5) is 11.7. The first-order valence-corrected chi connectivity index (χ1v) is 40.6. The number of carbonyl (C=O) groups is 1. The molecule has 27 rings (SSSR count). The molecule has 1 radical (unpaired) electrons. The first-order valence-electron chi connectivity index (χ1n) is 40.6. The van der Waals surface area contributed by atoms with Crippen LogP contribution in [0.25, 0.3) is 0 Å². The van der Waals surface area contributed by atoms with Crippen molar-refractivity contribution >= 4 is 5.78 Å². The second kappa shape index (κ2) is 24.1. The Morgan fingerprint density at radius 3 is 1.04 bits per heavy atom. The van der Waals surface area contributed by atoms with Crippen molar-refractivity contribution in [3.63, 3.8) is 0 Å². The Balaban J connectivity index is 0.0000000991. The summed E-state index contributed by atoms with van der Waals surface area (Å²) in [5, 5.41) is 0. The number of fused-ring (bicyclic) bond motifs is 14. The molecule has 0 N–H and O–H groups in total. The van der Waals surface area contributed by atoms with Gasteiger partial charge in [0.25, 0.3) is 0 Å². The van der Waals surface area contributed by atoms with E-state index in [1.807, 2.05) is 0 Å². The van der Waals surface area contributed by atoms with Crippen molar-refractivity contribution < 1.29 is 37.5 Å². The summed E-state index contributed by atoms with van der Waals surface area (Å²) in [6.07, 6.45) is 54.8. The standard InChI is InChI=1S/C12H20.C11H16O.C11H20.C10H12.2C10H18.2C9H16.C7H12.Y/c1-8-10-3-9-4-11(8)7-12(2,5-9)6-10;1-8-6-10(2)4-5-11(8,3)9(12)7-10;1-10-4-3-5-11(2,8-6-10)9-7-10;1-9-3-6-4(9)8-5(9)7(3)10(6,8)2;1-9-3-6-10(2,7-4-9)8-5-9;1-7-5-9-3-4-10(6-7)8(9)2;1-8-3-5-9(2,7-8)6-4-8;1-8-4-6-9(2,3)7-5-8;1-6-3-7(2,4-6)5-6;/h8-11H,3-7H2,1-2H3;1,4-7H2,2-3H3;3-9H2,1-2H3;3-8H,1-2H3;3-8H2,1-2H3;7-10H,3-6H2,1-2H3;3-7H2,1-2H3;2,4-7H2,1,3H3;3-5H2,1-2H3;/q;;;;;;;-2;;. The van der Waals surface area contributed by atoms with E-state index in [-0.39, 0.29) is 43.5 Å². The first kappa shape index (κ1) is 71.3. The fraction of sp³-hybridized carbons (Fsp3) is 0.944. The van der Waals surface area contributed by atoms with E-state index < -0.39 is 0 Å². The maximum atomic E-state index is 11.7. The average molecular weight is 1320 g/mol. The number of hydrogen-bond acceptors (Lipinski definition) is 1. The van der Waals surface area contributed by atoms with Crippen molar-refractivity contribution in [1.29, 1.82) is 0 Å². The quantitative estimate of drug-likeness (QED) is 0.175. The number of carbonyl (C=O) groups excluding carboxylic acids is 1. The first-order chi connectivity index (χ1) is 41.7. The molecule has 0 spiro atoms. The molecular formula is C89H148OY-2. The molecule has 16 bridgehead atoms. The predicted octanol–water partition coefficient (Wildman–Crippen LogP) is 26.3. The molecule has 27 aliphatic carbocycles. The molecule has 0 saturated heterocycles. The van der Waals surface area contributed by atoms with E-state index >= 15 is 0 Å². The van der Waals surface area contributed by atoms with Gasteiger partial charge in [0, 0.05) is 44.5 Å². The smallest absolute Gasteiger partial charge is 0.143 e. The van der Waals surface area contributed by atoms with Crippen LogP contribution >= 0.6 is 0 Å². The van der Waals surface area contributed by atoms with Gasteiger partial charge < -0.3 is 12.8 Å². The topological polar surface area (TPSA) is 17.1 Å². The van der Waals surface area contributed by atoms with Gasteiger partial charge in [-0.05, 0) is 360 Å². The van der Waals surface area contributed by atoms with Crippen molar-refractivity contribution in [2.75, 3.05) is 0 Å². The zero-order valence-corrected chi connectivity index (χ0v) is 66.7. The van der Waals surface area contributed by atoms with E-state index in [9.17, 15) is 4.79 Å². The minimum atomic E-state index is -0.155. The molecule has 6 atom stereocenters. The van der Waals surface area contributed by atoms with Crippen LogP contribution in [0.15, 0.2) is 12.2 Å². The van der Waals surface area contributed by atoms with Crippen LogP contribution in [0.3, 0.4) is 0 Å². The molecule has 2 heteroatoms. The van der Waals surface area contributed by atoms with E-state index in [1.54, 1.807) is 38.0 Å². The van der Waals surface area contributed by atoms with Gasteiger partial charge in [-0.25, -0.2) is 0 Å². The molecule has 27 fully saturated rings. The van der Waals surface area contributed by atoms with Crippen molar-refractivity contribution in [2.24, 2.45) is 159 Å². The molecule has 515 valence electrons. The third-order valence-electron chi connectivity index (χ3n) is 35.9. The summed E-state index contributed by atoms with van der Waals surface area (Å²) >= 11 is 0. The Bertz CT molecular complexity index is 2390. The van der Waals surface area contributed by atoms with Crippen LogP contribution in [-0.2, 0) is 37.5 Å². The molecule has 27 aliphatic rings. The maximum Gasteiger partial charge on any atom is 0.143 e. The Morgan fingerprint density at radius 1 is 0.396 bits per heavy atom. The molecule has 0 aliphatic heterocycles. The maximum absolute atomic E-state index is 11.7. The monoisotopic (exact) mass is 1320 g/mol. The van der Waals surface area contributed by atoms with Gasteiger partial charge in [0.1, 0.15) is 5.78 Å². The summed E-state index contributed by atoms with van der Waals surface area (Å²) in [6.45, 7) is 51.8. The summed E-state index contributed by atoms with van der Waals surface area (Å²) in [6, 6.07) is 0. The van der Waals surface area contributed by atoms with E-state index in [1.165, 1.54) is 234 Å². The average Bonchev–Trinajstić information content (AvgIpc) is 1.36. The second-order valence-electron chi connectivity index (χ2n) is 44.9. The number of ketones is 1. The van der Waals surface area contributed by atoms with E-state index in [0.717, 1.165) is 126 Å². The van der Waals surface area contributed by atoms with Crippen LogP contribution < -0.4 is 0 Å². The van der Waals surface area contributed by atoms with Gasteiger partial charge >= 0.3 is 0 Å². The van der Waals surface area contributed by atoms with Gasteiger partial charge in [0.2, 0.25) is 0 Å². The van der Waals surface area contributed by atoms with Gasteiger partial charge in [-0.15, -0.1) is 12.8 Å². The molecule has 0 aromatic heterocycles. The minimum Gasteiger partial charge on any atom is -0.338 e. The third kappa shape index (κ3) is 12.9. The SMILES string of the molecule is C=C1CC2(C)CCC1(C)C(=O)C2.CC12C3C4C1C1C2C3C41C.CC12CC(C)(C1)C2.CC12CCC(C)(CC1)C2.CC12CCC(C)(CC1)CC2.CC12CCCC(C)(CC1)CC2.CC1C2CC3CC1CC(C)(C3)C2.CC1CC2CCC(C1)C2C.[CH2-]C1(C)CC[C-](C)CC1.[Y]. The predicted molar refractivity (Wildman–Crippen MR) is 383 cm³/mol. The van der Waals surface area contributed by atoms with Crippen LogP contribution in [0.4, 0.5) is 0 Å². The molecule has 0 aromatic rings. The molecule has 0 heterocycles. The fourth-order valence-corrected chi connectivity index (χ4v) is 29.5. The van der Waals surface area contributed by atoms with Gasteiger partial charge in [-0.1, -0.05) is 129 Å². The van der Waals surface area contributed by atoms with E-state index in [4.69, 9.17) is 0 Å². The number of allylic oxidation sites excluding steroid dienone is 1. The zero-order chi connectivity index (χ0) is 64.7. The van der Waals surface area contributed by atoms with E-state index in [0.29, 0.717) is 11.2 Å².